The Balaban J connectivity index is 2.51. The Kier molecular flexibility index (Phi) is 4.23. The lowest BCUT2D eigenvalue weighted by atomic mass is 9.92. The molecule has 82 valence electrons. The number of likely N-dealkylation sites (tertiary alicyclic amines) is 1. The average molecular weight is 198 g/mol. The van der Waals surface area contributed by atoms with Crippen molar-refractivity contribution in [1.82, 2.24) is 10.2 Å². The third-order valence-corrected chi connectivity index (χ3v) is 3.15. The Morgan fingerprint density at radius 1 is 1.43 bits per heavy atom. The van der Waals surface area contributed by atoms with Gasteiger partial charge in [-0.25, -0.2) is 4.79 Å². The first-order chi connectivity index (χ1) is 6.69. The van der Waals surface area contributed by atoms with E-state index in [-0.39, 0.29) is 6.03 Å². The van der Waals surface area contributed by atoms with Gasteiger partial charge in [-0.2, -0.15) is 0 Å². The van der Waals surface area contributed by atoms with Gasteiger partial charge >= 0.3 is 6.03 Å². The van der Waals surface area contributed by atoms with Crippen LogP contribution in [0.2, 0.25) is 0 Å². The van der Waals surface area contributed by atoms with E-state index in [1.807, 2.05) is 11.8 Å². The van der Waals surface area contributed by atoms with Crippen molar-refractivity contribution in [2.24, 2.45) is 5.92 Å². The molecule has 1 rings (SSSR count). The Morgan fingerprint density at radius 3 is 2.71 bits per heavy atom. The van der Waals surface area contributed by atoms with Gasteiger partial charge in [0.05, 0.1) is 0 Å². The average Bonchev–Trinajstić information content (AvgIpc) is 2.19. The number of carbonyl (C=O) groups excluding carboxylic acids is 1. The smallest absolute Gasteiger partial charge is 0.317 e. The molecule has 0 saturated carbocycles. The number of piperidine rings is 1. The minimum absolute atomic E-state index is 0.109. The first-order valence-electron chi connectivity index (χ1n) is 5.73. The molecule has 0 aromatic heterocycles. The van der Waals surface area contributed by atoms with Crippen LogP contribution in [0.15, 0.2) is 0 Å². The van der Waals surface area contributed by atoms with E-state index in [9.17, 15) is 4.79 Å². The molecule has 0 aromatic rings. The molecule has 0 radical (unpaired) electrons. The number of rotatable bonds is 2. The van der Waals surface area contributed by atoms with Crippen LogP contribution in [-0.4, -0.2) is 30.1 Å². The van der Waals surface area contributed by atoms with Crippen LogP contribution in [0.1, 0.15) is 40.0 Å². The van der Waals surface area contributed by atoms with E-state index < -0.39 is 0 Å². The number of hydrogen-bond acceptors (Lipinski definition) is 1. The number of amides is 2. The van der Waals surface area contributed by atoms with E-state index in [1.165, 1.54) is 12.8 Å². The van der Waals surface area contributed by atoms with Gasteiger partial charge in [-0.15, -0.1) is 0 Å². The van der Waals surface area contributed by atoms with E-state index in [2.05, 4.69) is 19.2 Å². The quantitative estimate of drug-likeness (QED) is 0.725. The van der Waals surface area contributed by atoms with Gasteiger partial charge in [0, 0.05) is 19.1 Å². The fourth-order valence-corrected chi connectivity index (χ4v) is 2.05. The summed E-state index contributed by atoms with van der Waals surface area (Å²) in [5.74, 6) is 0.703. The minimum Gasteiger partial charge on any atom is -0.338 e. The monoisotopic (exact) mass is 198 g/mol. The summed E-state index contributed by atoms with van der Waals surface area (Å²) < 4.78 is 0. The number of nitrogens with zero attached hydrogens (tertiary/aromatic N) is 1. The summed E-state index contributed by atoms with van der Waals surface area (Å²) >= 11 is 0. The maximum absolute atomic E-state index is 11.7. The Bertz CT molecular complexity index is 194. The van der Waals surface area contributed by atoms with E-state index in [0.717, 1.165) is 19.5 Å². The summed E-state index contributed by atoms with van der Waals surface area (Å²) in [5.41, 5.74) is 0. The molecule has 14 heavy (non-hydrogen) atoms. The van der Waals surface area contributed by atoms with Crippen molar-refractivity contribution in [2.75, 3.05) is 13.1 Å². The van der Waals surface area contributed by atoms with Crippen molar-refractivity contribution in [1.29, 1.82) is 0 Å². The van der Waals surface area contributed by atoms with Crippen molar-refractivity contribution in [3.63, 3.8) is 0 Å². The molecule has 2 atom stereocenters. The zero-order valence-corrected chi connectivity index (χ0v) is 9.55. The Hall–Kier alpha value is -0.730. The Labute approximate surface area is 86.9 Å². The molecule has 2 amide bonds. The molecule has 1 aliphatic heterocycles. The van der Waals surface area contributed by atoms with Crippen LogP contribution in [0.25, 0.3) is 0 Å². The molecule has 1 saturated heterocycles. The van der Waals surface area contributed by atoms with E-state index in [1.54, 1.807) is 0 Å². The minimum atomic E-state index is 0.109. The maximum atomic E-state index is 11.7. The fraction of sp³-hybridized carbons (Fsp3) is 0.909. The number of hydrogen-bond donors (Lipinski definition) is 1. The second-order valence-electron chi connectivity index (χ2n) is 4.19. The van der Waals surface area contributed by atoms with Crippen molar-refractivity contribution in [3.8, 4) is 0 Å². The topological polar surface area (TPSA) is 32.3 Å². The molecular weight excluding hydrogens is 176 g/mol. The van der Waals surface area contributed by atoms with Crippen molar-refractivity contribution in [3.05, 3.63) is 0 Å². The van der Waals surface area contributed by atoms with Crippen LogP contribution in [-0.2, 0) is 0 Å². The molecule has 0 aromatic carbocycles. The maximum Gasteiger partial charge on any atom is 0.317 e. The molecule has 1 aliphatic rings. The van der Waals surface area contributed by atoms with E-state index >= 15 is 0 Å². The predicted octanol–water partition coefficient (Wildman–Crippen LogP) is 2.23. The zero-order valence-electron chi connectivity index (χ0n) is 9.55. The molecule has 1 heterocycles. The van der Waals surface area contributed by atoms with Crippen molar-refractivity contribution < 1.29 is 4.79 Å². The summed E-state index contributed by atoms with van der Waals surface area (Å²) in [6, 6.07) is 0.516. The highest BCUT2D eigenvalue weighted by Gasteiger charge is 2.27. The molecule has 1 N–H and O–H groups in total. The highest BCUT2D eigenvalue weighted by molar-refractivity contribution is 5.74. The molecule has 1 fully saturated rings. The second kappa shape index (κ2) is 5.23. The molecule has 0 aliphatic carbocycles. The lowest BCUT2D eigenvalue weighted by molar-refractivity contribution is 0.130. The summed E-state index contributed by atoms with van der Waals surface area (Å²) in [6.07, 6.45) is 3.60. The first-order valence-corrected chi connectivity index (χ1v) is 5.73. The lowest BCUT2D eigenvalue weighted by Gasteiger charge is -2.37. The summed E-state index contributed by atoms with van der Waals surface area (Å²) in [7, 11) is 0. The standard InChI is InChI=1S/C11H22N2O/c1-4-10-7-6-9(3)13(8-10)11(14)12-5-2/h9-10H,4-8H2,1-3H3,(H,12,14). The largest absolute Gasteiger partial charge is 0.338 e. The second-order valence-corrected chi connectivity index (χ2v) is 4.19. The van der Waals surface area contributed by atoms with E-state index in [4.69, 9.17) is 0 Å². The van der Waals surface area contributed by atoms with Gasteiger partial charge in [0.15, 0.2) is 0 Å². The SMILES string of the molecule is CCNC(=O)N1CC(CC)CCC1C. The highest BCUT2D eigenvalue weighted by atomic mass is 16.2. The summed E-state index contributed by atoms with van der Waals surface area (Å²) in [5, 5.41) is 2.88. The Morgan fingerprint density at radius 2 is 2.14 bits per heavy atom. The van der Waals surface area contributed by atoms with Crippen LogP contribution < -0.4 is 5.32 Å². The molecular formula is C11H22N2O. The number of carbonyl (C=O) groups is 1. The van der Waals surface area contributed by atoms with Crippen LogP contribution in [0.4, 0.5) is 4.79 Å². The normalized spacial score (nSPS) is 27.5. The van der Waals surface area contributed by atoms with Crippen LogP contribution >= 0.6 is 0 Å². The molecule has 3 heteroatoms. The third kappa shape index (κ3) is 2.63. The highest BCUT2D eigenvalue weighted by Crippen LogP contribution is 2.23. The van der Waals surface area contributed by atoms with Gasteiger partial charge in [-0.05, 0) is 32.6 Å². The van der Waals surface area contributed by atoms with Crippen molar-refractivity contribution >= 4 is 6.03 Å². The summed E-state index contributed by atoms with van der Waals surface area (Å²) in [6.45, 7) is 7.96. The first kappa shape index (κ1) is 11.3. The zero-order chi connectivity index (χ0) is 10.6. The van der Waals surface area contributed by atoms with Crippen LogP contribution in [0.3, 0.4) is 0 Å². The molecule has 0 bridgehead atoms. The lowest BCUT2D eigenvalue weighted by Crippen LogP contribution is -2.49. The molecule has 2 unspecified atom stereocenters. The van der Waals surface area contributed by atoms with Gasteiger partial charge in [0.2, 0.25) is 0 Å². The third-order valence-electron chi connectivity index (χ3n) is 3.15. The summed E-state index contributed by atoms with van der Waals surface area (Å²) in [4.78, 5) is 13.7. The van der Waals surface area contributed by atoms with Gasteiger partial charge in [-0.1, -0.05) is 13.3 Å². The van der Waals surface area contributed by atoms with Gasteiger partial charge in [0.25, 0.3) is 0 Å². The number of urea groups is 1. The number of nitrogens with one attached hydrogen (secondary N) is 1. The van der Waals surface area contributed by atoms with Crippen LogP contribution in [0, 0.1) is 5.92 Å². The van der Waals surface area contributed by atoms with Gasteiger partial charge in [0.1, 0.15) is 0 Å². The molecule has 3 nitrogen and oxygen atoms in total. The van der Waals surface area contributed by atoms with Crippen molar-refractivity contribution in [2.45, 2.75) is 46.1 Å². The van der Waals surface area contributed by atoms with Gasteiger partial charge in [-0.3, -0.25) is 0 Å². The predicted molar refractivity (Wildman–Crippen MR) is 58.3 cm³/mol. The van der Waals surface area contributed by atoms with Gasteiger partial charge < -0.3 is 10.2 Å². The van der Waals surface area contributed by atoms with E-state index in [0.29, 0.717) is 12.0 Å². The molecule has 0 spiro atoms. The van der Waals surface area contributed by atoms with Crippen LogP contribution in [0.5, 0.6) is 0 Å². The fourth-order valence-electron chi connectivity index (χ4n) is 2.05.